The van der Waals surface area contributed by atoms with Crippen molar-refractivity contribution in [3.8, 4) is 0 Å². The number of quaternary nitrogens is 1. The molecule has 0 fully saturated rings. The SMILES string of the molecule is CCCCCCC/C=C\C/C=C\CCCCCCCCCCCCCCCCCCCCCCCCCCCC(=O)NC(COP(=O)(O)OCC[N+](C)(C)C)C(O)/C=C/CCCCCCCCCCCCCCCCCCCCCCCCCCCCCCCC. The number of carbonyl (C=O) groups is 1. The molecule has 0 saturated heterocycles. The molecular weight excluding hydrogens is 1140 g/mol. The molecule has 0 aliphatic heterocycles. The van der Waals surface area contributed by atoms with Crippen LogP contribution in [-0.2, 0) is 18.4 Å². The van der Waals surface area contributed by atoms with Gasteiger partial charge in [-0.2, -0.15) is 0 Å². The number of aliphatic hydroxyl groups is 1. The van der Waals surface area contributed by atoms with Gasteiger partial charge in [-0.25, -0.2) is 4.57 Å². The summed E-state index contributed by atoms with van der Waals surface area (Å²) in [6, 6.07) is -0.847. The van der Waals surface area contributed by atoms with Crippen molar-refractivity contribution in [1.82, 2.24) is 5.32 Å². The van der Waals surface area contributed by atoms with Gasteiger partial charge in [0.2, 0.25) is 5.91 Å². The highest BCUT2D eigenvalue weighted by Gasteiger charge is 2.28. The molecule has 0 heterocycles. The van der Waals surface area contributed by atoms with Gasteiger partial charge in [0.1, 0.15) is 13.2 Å². The molecule has 3 N–H and O–H groups in total. The Bertz CT molecular complexity index is 1580. The van der Waals surface area contributed by atoms with Crippen LogP contribution in [0.5, 0.6) is 0 Å². The lowest BCUT2D eigenvalue weighted by Crippen LogP contribution is -2.45. The van der Waals surface area contributed by atoms with Crippen molar-refractivity contribution in [1.29, 1.82) is 0 Å². The standard InChI is InChI=1S/C82H161N2O6P/c1-6-8-10-12-14-16-18-20-22-24-26-28-30-32-34-36-38-40-41-42-43-44-46-48-50-52-54-56-58-60-62-64-66-68-70-72-74-76-82(86)83-80(79-90-91(87,88)89-78-77-84(3,4)5)81(85)75-73-71-69-67-65-63-61-59-57-55-53-51-49-47-45-39-37-35-33-31-29-27-25-23-21-19-17-15-13-11-9-7-2/h18,20,24,26,73,75,80-81,85H,6-17,19,21-23,25,27-72,74,76-79H2,1-5H3,(H-,83,86,87,88)/p+1/b20-18-,26-24-,75-73+. The monoisotopic (exact) mass is 1300 g/mol. The normalized spacial score (nSPS) is 13.6. The van der Waals surface area contributed by atoms with E-state index in [0.29, 0.717) is 17.4 Å². The Kier molecular flexibility index (Phi) is 72.0. The summed E-state index contributed by atoms with van der Waals surface area (Å²) in [6.45, 7) is 4.88. The van der Waals surface area contributed by atoms with Crippen molar-refractivity contribution in [2.75, 3.05) is 40.9 Å². The summed E-state index contributed by atoms with van der Waals surface area (Å²) in [6.07, 6.45) is 99.2. The zero-order chi connectivity index (χ0) is 66.2. The van der Waals surface area contributed by atoms with E-state index in [-0.39, 0.29) is 19.1 Å². The molecule has 0 bridgehead atoms. The van der Waals surface area contributed by atoms with Crippen LogP contribution in [0.2, 0.25) is 0 Å². The number of phosphoric ester groups is 1. The predicted octanol–water partition coefficient (Wildman–Crippen LogP) is 26.7. The van der Waals surface area contributed by atoms with Gasteiger partial charge in [0.05, 0.1) is 39.9 Å². The summed E-state index contributed by atoms with van der Waals surface area (Å²) < 4.78 is 23.9. The second kappa shape index (κ2) is 73.0. The largest absolute Gasteiger partial charge is 0.472 e. The van der Waals surface area contributed by atoms with Crippen molar-refractivity contribution in [3.05, 3.63) is 36.5 Å². The Morgan fingerprint density at radius 2 is 0.626 bits per heavy atom. The number of phosphoric acid groups is 1. The van der Waals surface area contributed by atoms with Gasteiger partial charge in [0, 0.05) is 6.42 Å². The van der Waals surface area contributed by atoms with Gasteiger partial charge in [0.15, 0.2) is 0 Å². The van der Waals surface area contributed by atoms with E-state index < -0.39 is 20.0 Å². The third-order valence-corrected chi connectivity index (χ3v) is 20.1. The molecule has 8 nitrogen and oxygen atoms in total. The topological polar surface area (TPSA) is 105 Å². The minimum absolute atomic E-state index is 0.0643. The predicted molar refractivity (Wildman–Crippen MR) is 401 cm³/mol. The van der Waals surface area contributed by atoms with E-state index in [1.807, 2.05) is 27.2 Å². The molecule has 0 aliphatic rings. The van der Waals surface area contributed by atoms with Crippen LogP contribution in [0.15, 0.2) is 36.5 Å². The number of unbranched alkanes of at least 4 members (excludes halogenated alkanes) is 60. The van der Waals surface area contributed by atoms with Gasteiger partial charge in [-0.3, -0.25) is 13.8 Å². The summed E-state index contributed by atoms with van der Waals surface area (Å²) in [7, 11) is 1.60. The first-order valence-electron chi connectivity index (χ1n) is 40.9. The fraction of sp³-hybridized carbons (Fsp3) is 0.915. The molecule has 0 aromatic heterocycles. The summed E-state index contributed by atoms with van der Waals surface area (Å²) in [4.78, 5) is 23.5. The molecule has 0 aromatic rings. The van der Waals surface area contributed by atoms with E-state index >= 15 is 0 Å². The number of rotatable bonds is 77. The molecule has 3 unspecified atom stereocenters. The van der Waals surface area contributed by atoms with Gasteiger partial charge < -0.3 is 19.8 Å². The smallest absolute Gasteiger partial charge is 0.387 e. The number of likely N-dealkylation sites (N-methyl/N-ethyl adjacent to an activating group) is 1. The van der Waals surface area contributed by atoms with Crippen LogP contribution in [0.3, 0.4) is 0 Å². The summed E-state index contributed by atoms with van der Waals surface area (Å²) in [5.74, 6) is -0.167. The first kappa shape index (κ1) is 89.7. The molecular formula is C82H162N2O6P+. The molecule has 0 radical (unpaired) electrons. The van der Waals surface area contributed by atoms with E-state index in [1.54, 1.807) is 6.08 Å². The Morgan fingerprint density at radius 3 is 0.901 bits per heavy atom. The van der Waals surface area contributed by atoms with Crippen LogP contribution in [0.1, 0.15) is 431 Å². The van der Waals surface area contributed by atoms with Gasteiger partial charge in [-0.1, -0.05) is 410 Å². The molecule has 0 spiro atoms. The van der Waals surface area contributed by atoms with Crippen LogP contribution >= 0.6 is 7.82 Å². The van der Waals surface area contributed by atoms with Crippen molar-refractivity contribution >= 4 is 13.7 Å². The number of hydrogen-bond donors (Lipinski definition) is 3. The maximum absolute atomic E-state index is 13.1. The number of allylic oxidation sites excluding steroid dienone is 5. The van der Waals surface area contributed by atoms with Crippen molar-refractivity contribution in [2.24, 2.45) is 0 Å². The van der Waals surface area contributed by atoms with Crippen molar-refractivity contribution in [3.63, 3.8) is 0 Å². The van der Waals surface area contributed by atoms with Crippen LogP contribution in [0.25, 0.3) is 0 Å². The van der Waals surface area contributed by atoms with Crippen molar-refractivity contribution < 1.29 is 32.9 Å². The van der Waals surface area contributed by atoms with E-state index in [0.717, 1.165) is 38.5 Å². The fourth-order valence-corrected chi connectivity index (χ4v) is 13.5. The molecule has 0 aliphatic carbocycles. The average Bonchev–Trinajstić information content (AvgIpc) is 3.42. The second-order valence-corrected chi connectivity index (χ2v) is 31.0. The van der Waals surface area contributed by atoms with Crippen LogP contribution in [-0.4, -0.2) is 73.4 Å². The first-order valence-corrected chi connectivity index (χ1v) is 42.4. The number of carbonyl (C=O) groups excluding carboxylic acids is 1. The quantitative estimate of drug-likeness (QED) is 0.0243. The first-order chi connectivity index (χ1) is 44.5. The van der Waals surface area contributed by atoms with Gasteiger partial charge in [-0.05, 0) is 51.4 Å². The lowest BCUT2D eigenvalue weighted by molar-refractivity contribution is -0.870. The van der Waals surface area contributed by atoms with Crippen molar-refractivity contribution in [2.45, 2.75) is 443 Å². The average molecular weight is 1300 g/mol. The molecule has 0 aromatic carbocycles. The van der Waals surface area contributed by atoms with E-state index in [9.17, 15) is 19.4 Å². The summed E-state index contributed by atoms with van der Waals surface area (Å²) in [5.41, 5.74) is 0. The Balaban J connectivity index is 3.93. The molecule has 0 saturated carbocycles. The van der Waals surface area contributed by atoms with Crippen LogP contribution in [0.4, 0.5) is 0 Å². The van der Waals surface area contributed by atoms with Gasteiger partial charge in [0.25, 0.3) is 0 Å². The van der Waals surface area contributed by atoms with E-state index in [2.05, 4.69) is 43.5 Å². The highest BCUT2D eigenvalue weighted by molar-refractivity contribution is 7.47. The maximum Gasteiger partial charge on any atom is 0.472 e. The minimum atomic E-state index is -4.36. The lowest BCUT2D eigenvalue weighted by atomic mass is 10.0. The van der Waals surface area contributed by atoms with Crippen LogP contribution in [0, 0.1) is 0 Å². The Morgan fingerprint density at radius 1 is 0.374 bits per heavy atom. The minimum Gasteiger partial charge on any atom is -0.387 e. The third-order valence-electron chi connectivity index (χ3n) is 19.1. The van der Waals surface area contributed by atoms with E-state index in [1.165, 1.54) is 372 Å². The zero-order valence-electron chi connectivity index (χ0n) is 62.1. The number of hydrogen-bond acceptors (Lipinski definition) is 5. The molecule has 0 rings (SSSR count). The summed E-state index contributed by atoms with van der Waals surface area (Å²) >= 11 is 0. The Hall–Kier alpha value is -1.28. The number of nitrogens with zero attached hydrogens (tertiary/aromatic N) is 1. The second-order valence-electron chi connectivity index (χ2n) is 29.5. The van der Waals surface area contributed by atoms with Gasteiger partial charge in [-0.15, -0.1) is 0 Å². The number of aliphatic hydroxyl groups excluding tert-OH is 1. The Labute approximate surface area is 569 Å². The molecule has 1 amide bonds. The number of nitrogens with one attached hydrogen (secondary N) is 1. The van der Waals surface area contributed by atoms with E-state index in [4.69, 9.17) is 9.05 Å². The fourth-order valence-electron chi connectivity index (χ4n) is 12.8. The van der Waals surface area contributed by atoms with Gasteiger partial charge >= 0.3 is 7.82 Å². The highest BCUT2D eigenvalue weighted by atomic mass is 31.2. The molecule has 540 valence electrons. The third kappa shape index (κ3) is 76.0. The molecule has 3 atom stereocenters. The zero-order valence-corrected chi connectivity index (χ0v) is 63.0. The maximum atomic E-state index is 13.1. The lowest BCUT2D eigenvalue weighted by Gasteiger charge is -2.25. The summed E-state index contributed by atoms with van der Waals surface area (Å²) in [5, 5.41) is 14.1. The number of amides is 1. The molecule has 91 heavy (non-hydrogen) atoms. The highest BCUT2D eigenvalue weighted by Crippen LogP contribution is 2.43. The molecule has 9 heteroatoms. The van der Waals surface area contributed by atoms with Crippen LogP contribution < -0.4 is 5.32 Å².